The van der Waals surface area contributed by atoms with Crippen molar-refractivity contribution in [1.29, 1.82) is 0 Å². The number of β-lactam (4-membered cyclic amide) rings is 1. The Morgan fingerprint density at radius 2 is 1.92 bits per heavy atom. The molecule has 1 aliphatic rings. The number of carbonyl (C=O) groups excluding carboxylic acids is 2. The van der Waals surface area contributed by atoms with Crippen LogP contribution in [0.25, 0.3) is 11.1 Å². The molecule has 7 N–H and O–H groups in total. The Hall–Kier alpha value is -4.67. The van der Waals surface area contributed by atoms with Crippen LogP contribution in [0.3, 0.4) is 0 Å². The van der Waals surface area contributed by atoms with E-state index in [0.29, 0.717) is 17.4 Å². The first-order valence-electron chi connectivity index (χ1n) is 15.3. The number of amides is 2. The number of thiazole rings is 1. The average Bonchev–Trinajstić information content (AvgIpc) is 3.66. The topological polar surface area (TPSA) is 270 Å². The standard InChI is InChI=1S/C29H39N9O10S2/c1-29(2)24(26(40)38(29)48-50(43,44)45)34-25(39)23(21-17-49-28(31)33-21)35-47-22(27(41)42)16-46-20-8-6-18(7-9-20)19-14-36(3)37(15-19)13-5-12-32-11-4-10-30/h6-9,14-15,17,22,24,32H,4-5,10-13,16,30H2,1-3H3,(H4-,31,33,34,39,41,42,43,44,45)/b35-23+/t22?,24-/m1/s1. The number of aliphatic carboxylic acids is 1. The molecule has 3 aromatic rings. The number of carboxylic acids is 1. The van der Waals surface area contributed by atoms with Gasteiger partial charge in [0.1, 0.15) is 24.1 Å². The van der Waals surface area contributed by atoms with Gasteiger partial charge in [0.05, 0.1) is 23.8 Å². The molecule has 0 bridgehead atoms. The SMILES string of the molecule is C[n+]1cc(-c2ccc(OCC(O/N=C(/C(=O)N[C@@H]3C(=O)N(OS(=O)(=O)[O-])C3(C)C)c3csc(N)n3)C(=O)O)cc2)cn1CCCNCCCN. The van der Waals surface area contributed by atoms with Crippen molar-refractivity contribution in [1.82, 2.24) is 25.4 Å². The zero-order valence-electron chi connectivity index (χ0n) is 27.5. The van der Waals surface area contributed by atoms with Gasteiger partial charge in [0.25, 0.3) is 17.9 Å². The average molecular weight is 738 g/mol. The van der Waals surface area contributed by atoms with Crippen LogP contribution < -0.4 is 31.5 Å². The number of benzene rings is 1. The fraction of sp³-hybridized carbons (Fsp3) is 0.448. The zero-order chi connectivity index (χ0) is 36.6. The maximum atomic E-state index is 13.2. The lowest BCUT2D eigenvalue weighted by Gasteiger charge is -2.51. The first-order chi connectivity index (χ1) is 23.6. The van der Waals surface area contributed by atoms with Crippen LogP contribution in [-0.2, 0) is 47.5 Å². The van der Waals surface area contributed by atoms with Gasteiger partial charge in [-0.05, 0) is 64.0 Å². The van der Waals surface area contributed by atoms with Gasteiger partial charge in [-0.15, -0.1) is 16.0 Å². The fourth-order valence-corrected chi connectivity index (χ4v) is 5.84. The van der Waals surface area contributed by atoms with Crippen LogP contribution in [0.4, 0.5) is 5.13 Å². The first-order valence-corrected chi connectivity index (χ1v) is 17.5. The smallest absolute Gasteiger partial charge is 0.351 e. The van der Waals surface area contributed by atoms with Gasteiger partial charge in [-0.25, -0.2) is 18.2 Å². The van der Waals surface area contributed by atoms with E-state index in [-0.39, 0.29) is 10.8 Å². The van der Waals surface area contributed by atoms with Crippen molar-refractivity contribution in [2.75, 3.05) is 32.0 Å². The summed E-state index contributed by atoms with van der Waals surface area (Å²) in [5.41, 5.74) is 11.0. The van der Waals surface area contributed by atoms with E-state index in [9.17, 15) is 32.5 Å². The third-order valence-corrected chi connectivity index (χ3v) is 8.56. The summed E-state index contributed by atoms with van der Waals surface area (Å²) in [4.78, 5) is 46.9. The van der Waals surface area contributed by atoms with Crippen LogP contribution in [0.1, 0.15) is 32.4 Å². The summed E-state index contributed by atoms with van der Waals surface area (Å²) in [6.45, 7) is 5.44. The van der Waals surface area contributed by atoms with Crippen molar-refractivity contribution in [2.24, 2.45) is 17.9 Å². The van der Waals surface area contributed by atoms with Gasteiger partial charge in [0.15, 0.2) is 17.9 Å². The Kier molecular flexibility index (Phi) is 12.5. The number of aromatic nitrogens is 3. The number of ether oxygens (including phenoxy) is 1. The highest BCUT2D eigenvalue weighted by atomic mass is 32.3. The van der Waals surface area contributed by atoms with Crippen LogP contribution in [0, 0.1) is 0 Å². The minimum absolute atomic E-state index is 0.0546. The lowest BCUT2D eigenvalue weighted by molar-refractivity contribution is -0.753. The molecule has 1 aliphatic heterocycles. The summed E-state index contributed by atoms with van der Waals surface area (Å²) in [6.07, 6.45) is 4.24. The van der Waals surface area contributed by atoms with Gasteiger partial charge in [-0.2, -0.15) is 14.0 Å². The Bertz CT molecular complexity index is 1810. The van der Waals surface area contributed by atoms with E-state index in [1.54, 1.807) is 12.1 Å². The molecular formula is C29H39N9O10S2. The van der Waals surface area contributed by atoms with Crippen LogP contribution in [0.15, 0.2) is 47.2 Å². The summed E-state index contributed by atoms with van der Waals surface area (Å²) < 4.78 is 46.9. The van der Waals surface area contributed by atoms with E-state index >= 15 is 0 Å². The Labute approximate surface area is 291 Å². The van der Waals surface area contributed by atoms with Gasteiger partial charge < -0.3 is 41.3 Å². The van der Waals surface area contributed by atoms with Crippen molar-refractivity contribution in [3.05, 3.63) is 47.7 Å². The van der Waals surface area contributed by atoms with E-state index in [4.69, 9.17) is 21.0 Å². The van der Waals surface area contributed by atoms with Crippen molar-refractivity contribution in [3.8, 4) is 16.9 Å². The second-order valence-electron chi connectivity index (χ2n) is 11.7. The summed E-state index contributed by atoms with van der Waals surface area (Å²) >= 11 is 0.956. The van der Waals surface area contributed by atoms with Crippen LogP contribution in [0.2, 0.25) is 0 Å². The molecule has 272 valence electrons. The third-order valence-electron chi connectivity index (χ3n) is 7.55. The number of nitrogens with two attached hydrogens (primary N) is 2. The number of nitrogen functional groups attached to an aromatic ring is 1. The number of carboxylic acid groups (broad SMARTS) is 1. The molecule has 0 aliphatic carbocycles. The van der Waals surface area contributed by atoms with Gasteiger partial charge in [0.2, 0.25) is 16.6 Å². The molecule has 50 heavy (non-hydrogen) atoms. The van der Waals surface area contributed by atoms with Gasteiger partial charge >= 0.3 is 5.97 Å². The van der Waals surface area contributed by atoms with Gasteiger partial charge in [0, 0.05) is 5.38 Å². The number of hydroxylamine groups is 2. The maximum Gasteiger partial charge on any atom is 0.351 e. The molecule has 3 heterocycles. The normalized spacial score (nSPS) is 16.5. The lowest BCUT2D eigenvalue weighted by atomic mass is 9.84. The zero-order valence-corrected chi connectivity index (χ0v) is 29.1. The number of oxime groups is 1. The number of aryl methyl sites for hydroxylation is 2. The van der Waals surface area contributed by atoms with Crippen molar-refractivity contribution < 1.29 is 51.0 Å². The Balaban J connectivity index is 1.39. The predicted octanol–water partition coefficient (Wildman–Crippen LogP) is -0.903. The number of nitrogens with zero attached hydrogens (tertiary/aromatic N) is 5. The quantitative estimate of drug-likeness (QED) is 0.0190. The summed E-state index contributed by atoms with van der Waals surface area (Å²) in [5.74, 6) is -3.16. The van der Waals surface area contributed by atoms with E-state index in [1.807, 2.05) is 36.3 Å². The molecular weight excluding hydrogens is 699 g/mol. The number of nitrogens with one attached hydrogen (secondary N) is 2. The molecule has 0 saturated carbocycles. The van der Waals surface area contributed by atoms with Crippen molar-refractivity contribution >= 4 is 50.4 Å². The number of carbonyl (C=O) groups is 3. The molecule has 1 unspecified atom stereocenters. The highest BCUT2D eigenvalue weighted by Crippen LogP contribution is 2.33. The highest BCUT2D eigenvalue weighted by Gasteiger charge is 2.57. The minimum Gasteiger partial charge on any atom is -0.724 e. The molecule has 4 rings (SSSR count). The third kappa shape index (κ3) is 9.73. The molecule has 2 aromatic heterocycles. The predicted molar refractivity (Wildman–Crippen MR) is 177 cm³/mol. The molecule has 1 fully saturated rings. The van der Waals surface area contributed by atoms with Crippen molar-refractivity contribution in [2.45, 2.75) is 50.9 Å². The van der Waals surface area contributed by atoms with Crippen LogP contribution in [0.5, 0.6) is 5.75 Å². The fourth-order valence-electron chi connectivity index (χ4n) is 4.85. The molecule has 21 heteroatoms. The van der Waals surface area contributed by atoms with E-state index in [0.717, 1.165) is 54.9 Å². The van der Waals surface area contributed by atoms with Crippen LogP contribution >= 0.6 is 11.3 Å². The molecule has 2 amide bonds. The molecule has 1 saturated heterocycles. The van der Waals surface area contributed by atoms with Gasteiger partial charge in [-0.1, -0.05) is 17.3 Å². The second kappa shape index (κ2) is 16.4. The summed E-state index contributed by atoms with van der Waals surface area (Å²) in [6, 6.07) is 5.66. The van der Waals surface area contributed by atoms with E-state index in [1.165, 1.54) is 19.2 Å². The molecule has 19 nitrogen and oxygen atoms in total. The molecule has 0 radical (unpaired) electrons. The van der Waals surface area contributed by atoms with Crippen LogP contribution in [-0.4, -0.2) is 100 Å². The molecule has 1 aromatic carbocycles. The van der Waals surface area contributed by atoms with E-state index < -0.39 is 58.2 Å². The number of hydrogen-bond donors (Lipinski definition) is 5. The number of anilines is 1. The molecule has 0 spiro atoms. The largest absolute Gasteiger partial charge is 0.724 e. The maximum absolute atomic E-state index is 13.2. The van der Waals surface area contributed by atoms with Crippen molar-refractivity contribution in [3.63, 3.8) is 0 Å². The molecule has 2 atom stereocenters. The number of rotatable bonds is 19. The summed E-state index contributed by atoms with van der Waals surface area (Å²) in [5, 5.41) is 20.9. The number of hydrogen-bond acceptors (Lipinski definition) is 15. The van der Waals surface area contributed by atoms with E-state index in [2.05, 4.69) is 29.7 Å². The highest BCUT2D eigenvalue weighted by molar-refractivity contribution is 7.80. The summed E-state index contributed by atoms with van der Waals surface area (Å²) in [7, 11) is -3.31. The second-order valence-corrected chi connectivity index (χ2v) is 13.5. The minimum atomic E-state index is -5.27. The first kappa shape index (κ1) is 38.1. The Morgan fingerprint density at radius 3 is 2.52 bits per heavy atom. The van der Waals surface area contributed by atoms with Gasteiger partial charge in [-0.3, -0.25) is 9.59 Å². The lowest BCUT2D eigenvalue weighted by Crippen LogP contribution is -2.76. The monoisotopic (exact) mass is 737 g/mol. The Morgan fingerprint density at radius 1 is 1.22 bits per heavy atom.